The summed E-state index contributed by atoms with van der Waals surface area (Å²) < 4.78 is 46.6. The highest BCUT2D eigenvalue weighted by molar-refractivity contribution is 7.80. The van der Waals surface area contributed by atoms with Gasteiger partial charge in [-0.1, -0.05) is 55.4 Å². The van der Waals surface area contributed by atoms with Gasteiger partial charge in [-0.05, 0) is 63.3 Å². The van der Waals surface area contributed by atoms with Crippen LogP contribution in [0, 0.1) is 5.92 Å². The number of halogens is 3. The molecule has 3 aromatic rings. The van der Waals surface area contributed by atoms with Crippen LogP contribution in [0.3, 0.4) is 0 Å². The molecule has 1 aromatic heterocycles. The Labute approximate surface area is 258 Å². The second kappa shape index (κ2) is 14.8. The van der Waals surface area contributed by atoms with Gasteiger partial charge < -0.3 is 20.1 Å². The lowest BCUT2D eigenvalue weighted by atomic mass is 9.85. The number of carbonyl (C=O) groups is 2. The average Bonchev–Trinajstić information content (AvgIpc) is 3.43. The van der Waals surface area contributed by atoms with Crippen molar-refractivity contribution in [2.24, 2.45) is 5.92 Å². The molecule has 3 atom stereocenters. The van der Waals surface area contributed by atoms with Crippen molar-refractivity contribution in [3.8, 4) is 16.9 Å². The smallest absolute Gasteiger partial charge is 0.464 e. The maximum atomic E-state index is 13.2. The Balaban J connectivity index is 1.39. The zero-order valence-corrected chi connectivity index (χ0v) is 25.5. The SMILES string of the molecule is CCOC(=O)C(C)NC(=S)C1CCCCC(c2nc(C(=O)Nc3ccccc3-c3ccc(OC(F)(F)F)cc3)cs2)CC1. The minimum Gasteiger partial charge on any atom is -0.464 e. The number of nitrogens with zero attached hydrogens (tertiary/aromatic N) is 1. The first-order chi connectivity index (χ1) is 20.5. The molecule has 1 heterocycles. The number of alkyl halides is 3. The minimum atomic E-state index is -4.77. The molecule has 43 heavy (non-hydrogen) atoms. The standard InChI is InChI=1S/C31H34F3N3O4S2/c1-3-40-30(39)19(2)35-28(42)21-8-4-5-9-22(13-12-21)29-37-26(18-43-29)27(38)36-25-11-7-6-10-24(25)20-14-16-23(17-15-20)41-31(32,33)34/h6-7,10-11,14-19,21-22H,3-5,8-9,12-13H2,1-2H3,(H,35,42)(H,36,38). The number of para-hydroxylation sites is 1. The quantitative estimate of drug-likeness (QED) is 0.183. The van der Waals surface area contributed by atoms with Crippen LogP contribution in [0.25, 0.3) is 11.1 Å². The lowest BCUT2D eigenvalue weighted by Gasteiger charge is -2.26. The first-order valence-corrected chi connectivity index (χ1v) is 15.5. The molecule has 0 bridgehead atoms. The second-order valence-electron chi connectivity index (χ2n) is 10.4. The molecule has 7 nitrogen and oxygen atoms in total. The molecule has 1 fully saturated rings. The Morgan fingerprint density at radius 2 is 1.79 bits per heavy atom. The summed E-state index contributed by atoms with van der Waals surface area (Å²) in [6.07, 6.45) is 0.896. The van der Waals surface area contributed by atoms with Crippen LogP contribution < -0.4 is 15.4 Å². The summed E-state index contributed by atoms with van der Waals surface area (Å²) in [5.41, 5.74) is 2.09. The third-order valence-corrected chi connectivity index (χ3v) is 8.72. The number of amides is 1. The van der Waals surface area contributed by atoms with E-state index in [2.05, 4.69) is 20.4 Å². The van der Waals surface area contributed by atoms with E-state index in [0.29, 0.717) is 34.1 Å². The monoisotopic (exact) mass is 633 g/mol. The number of aromatic nitrogens is 1. The number of thiazole rings is 1. The Bertz CT molecular complexity index is 1410. The molecule has 1 aliphatic carbocycles. The van der Waals surface area contributed by atoms with Gasteiger partial charge >= 0.3 is 12.3 Å². The summed E-state index contributed by atoms with van der Waals surface area (Å²) in [6.45, 7) is 3.84. The van der Waals surface area contributed by atoms with Crippen LogP contribution in [-0.4, -0.2) is 40.9 Å². The van der Waals surface area contributed by atoms with E-state index in [9.17, 15) is 22.8 Å². The molecule has 1 aliphatic rings. The number of anilines is 1. The number of rotatable bonds is 9. The number of carbonyl (C=O) groups excluding carboxylic acids is 2. The van der Waals surface area contributed by atoms with Crippen molar-refractivity contribution in [1.82, 2.24) is 10.3 Å². The summed E-state index contributed by atoms with van der Waals surface area (Å²) in [6, 6.07) is 12.0. The fourth-order valence-electron chi connectivity index (χ4n) is 5.08. The lowest BCUT2D eigenvalue weighted by molar-refractivity contribution is -0.274. The van der Waals surface area contributed by atoms with Gasteiger partial charge in [0.25, 0.3) is 5.91 Å². The van der Waals surface area contributed by atoms with Crippen molar-refractivity contribution in [2.75, 3.05) is 11.9 Å². The Kier molecular flexibility index (Phi) is 11.1. The summed E-state index contributed by atoms with van der Waals surface area (Å²) in [7, 11) is 0. The number of benzene rings is 2. The predicted octanol–water partition coefficient (Wildman–Crippen LogP) is 7.88. The van der Waals surface area contributed by atoms with Crippen LogP contribution in [0.1, 0.15) is 73.8 Å². The fraction of sp³-hybridized carbons (Fsp3) is 0.419. The number of thiocarbonyl (C=S) groups is 1. The highest BCUT2D eigenvalue weighted by atomic mass is 32.1. The third-order valence-electron chi connectivity index (χ3n) is 7.27. The normalized spacial score (nSPS) is 18.1. The predicted molar refractivity (Wildman–Crippen MR) is 164 cm³/mol. The molecule has 0 aliphatic heterocycles. The molecule has 12 heteroatoms. The van der Waals surface area contributed by atoms with E-state index in [1.807, 2.05) is 0 Å². The van der Waals surface area contributed by atoms with Crippen LogP contribution in [0.4, 0.5) is 18.9 Å². The maximum Gasteiger partial charge on any atom is 0.573 e. The van der Waals surface area contributed by atoms with Crippen LogP contribution in [-0.2, 0) is 9.53 Å². The summed E-state index contributed by atoms with van der Waals surface area (Å²) in [5, 5.41) is 8.70. The summed E-state index contributed by atoms with van der Waals surface area (Å²) in [5.74, 6) is -0.655. The number of hydrogen-bond donors (Lipinski definition) is 2. The molecule has 2 aromatic carbocycles. The van der Waals surface area contributed by atoms with Crippen LogP contribution >= 0.6 is 23.6 Å². The van der Waals surface area contributed by atoms with E-state index in [1.54, 1.807) is 43.5 Å². The van der Waals surface area contributed by atoms with E-state index in [-0.39, 0.29) is 29.5 Å². The van der Waals surface area contributed by atoms with E-state index in [0.717, 1.165) is 43.5 Å². The molecule has 0 saturated heterocycles. The van der Waals surface area contributed by atoms with Gasteiger partial charge in [0.1, 0.15) is 17.5 Å². The Morgan fingerprint density at radius 1 is 1.07 bits per heavy atom. The number of ether oxygens (including phenoxy) is 2. The maximum absolute atomic E-state index is 13.2. The van der Waals surface area contributed by atoms with Gasteiger partial charge in [-0.2, -0.15) is 0 Å². The van der Waals surface area contributed by atoms with Crippen LogP contribution in [0.5, 0.6) is 5.75 Å². The molecule has 230 valence electrons. The molecule has 3 unspecified atom stereocenters. The highest BCUT2D eigenvalue weighted by Crippen LogP contribution is 2.36. The molecule has 2 N–H and O–H groups in total. The molecule has 0 radical (unpaired) electrons. The van der Waals surface area contributed by atoms with Crippen molar-refractivity contribution < 1.29 is 32.2 Å². The average molecular weight is 634 g/mol. The molecule has 1 amide bonds. The highest BCUT2D eigenvalue weighted by Gasteiger charge is 2.31. The number of esters is 1. The summed E-state index contributed by atoms with van der Waals surface area (Å²) >= 11 is 7.11. The Hall–Kier alpha value is -3.51. The number of hydrogen-bond acceptors (Lipinski definition) is 7. The zero-order valence-electron chi connectivity index (χ0n) is 23.9. The zero-order chi connectivity index (χ0) is 31.0. The van der Waals surface area contributed by atoms with Crippen LogP contribution in [0.2, 0.25) is 0 Å². The third kappa shape index (κ3) is 9.24. The first kappa shape index (κ1) is 32.4. The van der Waals surface area contributed by atoms with Crippen molar-refractivity contribution in [2.45, 2.75) is 70.7 Å². The molecular formula is C31H34F3N3O4S2. The topological polar surface area (TPSA) is 89.5 Å². The lowest BCUT2D eigenvalue weighted by Crippen LogP contribution is -2.41. The van der Waals surface area contributed by atoms with Gasteiger partial charge in [-0.15, -0.1) is 24.5 Å². The van der Waals surface area contributed by atoms with Crippen molar-refractivity contribution in [3.05, 3.63) is 64.6 Å². The van der Waals surface area contributed by atoms with Crippen molar-refractivity contribution >= 4 is 46.1 Å². The molecular weight excluding hydrogens is 599 g/mol. The van der Waals surface area contributed by atoms with Crippen LogP contribution in [0.15, 0.2) is 53.9 Å². The first-order valence-electron chi connectivity index (χ1n) is 14.2. The Morgan fingerprint density at radius 3 is 2.51 bits per heavy atom. The van der Waals surface area contributed by atoms with Gasteiger partial charge in [0, 0.05) is 28.5 Å². The van der Waals surface area contributed by atoms with Gasteiger partial charge in [0.2, 0.25) is 0 Å². The molecule has 4 rings (SSSR count). The van der Waals surface area contributed by atoms with Gasteiger partial charge in [-0.25, -0.2) is 9.78 Å². The van der Waals surface area contributed by atoms with Gasteiger partial charge in [-0.3, -0.25) is 4.79 Å². The van der Waals surface area contributed by atoms with E-state index in [1.165, 1.54) is 35.6 Å². The van der Waals surface area contributed by atoms with Crippen molar-refractivity contribution in [3.63, 3.8) is 0 Å². The fourth-order valence-corrected chi connectivity index (χ4v) is 6.47. The van der Waals surface area contributed by atoms with E-state index < -0.39 is 12.4 Å². The van der Waals surface area contributed by atoms with Crippen molar-refractivity contribution in [1.29, 1.82) is 0 Å². The minimum absolute atomic E-state index is 0.156. The molecule has 0 spiro atoms. The summed E-state index contributed by atoms with van der Waals surface area (Å²) in [4.78, 5) is 30.6. The largest absolute Gasteiger partial charge is 0.573 e. The van der Waals surface area contributed by atoms with E-state index in [4.69, 9.17) is 17.0 Å². The number of nitrogens with one attached hydrogen (secondary N) is 2. The van der Waals surface area contributed by atoms with Gasteiger partial charge in [0.05, 0.1) is 16.6 Å². The second-order valence-corrected chi connectivity index (χ2v) is 11.7. The van der Waals surface area contributed by atoms with Gasteiger partial charge in [0.15, 0.2) is 0 Å². The molecule has 1 saturated carbocycles. The van der Waals surface area contributed by atoms with E-state index >= 15 is 0 Å².